The molecule has 440 valence electrons. The number of aliphatic hydroxyl groups is 3. The predicted molar refractivity (Wildman–Crippen MR) is 263 cm³/mol. The molecule has 9 rings (SSSR count). The van der Waals surface area contributed by atoms with E-state index >= 15 is 0 Å². The third-order valence-electron chi connectivity index (χ3n) is 12.9. The molecule has 16 atom stereocenters. The molecule has 3 aliphatic rings. The number of phosphoric acid groups is 3. The summed E-state index contributed by atoms with van der Waals surface area (Å²) >= 11 is 0. The third kappa shape index (κ3) is 12.2. The van der Waals surface area contributed by atoms with Gasteiger partial charge in [0.05, 0.1) is 71.6 Å². The lowest BCUT2D eigenvalue weighted by Crippen LogP contribution is -2.45. The minimum atomic E-state index is -6.13. The smallest absolute Gasteiger partial charge is 0.387 e. The fraction of sp³-hybridized carbons (Fsp3) is 0.595. The number of fused-ring (bicyclic) bond motifs is 3. The monoisotopic (exact) mass is 1220 g/mol. The maximum Gasteiger partial charge on any atom is 0.490 e. The van der Waals surface area contributed by atoms with Crippen LogP contribution in [0.2, 0.25) is 0 Å². The van der Waals surface area contributed by atoms with E-state index in [2.05, 4.69) is 48.5 Å². The predicted octanol–water partition coefficient (Wildman–Crippen LogP) is -3.33. The Morgan fingerprint density at radius 3 is 2.06 bits per heavy atom. The molecule has 43 heteroatoms. The Bertz CT molecular complexity index is 3570. The second-order valence-electron chi connectivity index (χ2n) is 18.1. The Morgan fingerprint density at radius 1 is 0.700 bits per heavy atom. The van der Waals surface area contributed by atoms with Crippen molar-refractivity contribution in [3.63, 3.8) is 0 Å². The number of aryl methyl sites for hydroxylation is 1. The molecule has 0 aliphatic carbocycles. The van der Waals surface area contributed by atoms with Gasteiger partial charge in [-0.2, -0.15) is 13.6 Å². The molecule has 3 aliphatic heterocycles. The molecule has 9 heterocycles. The maximum absolute atomic E-state index is 14.5. The molecule has 39 nitrogen and oxygen atoms in total. The largest absolute Gasteiger partial charge is 0.490 e. The molecule has 0 radical (unpaired) electrons. The topological polar surface area (TPSA) is 551 Å². The molecule has 15 N–H and O–H groups in total. The molecule has 6 aromatic rings. The van der Waals surface area contributed by atoms with Crippen LogP contribution in [0.3, 0.4) is 0 Å². The Hall–Kier alpha value is -5.15. The van der Waals surface area contributed by atoms with Crippen LogP contribution in [-0.2, 0) is 75.9 Å². The number of hydrogen-bond acceptors (Lipinski definition) is 29. The van der Waals surface area contributed by atoms with Crippen molar-refractivity contribution in [1.29, 1.82) is 0 Å². The standard InChI is InChI=1S/C37H53N15O24P4/c1-49-14-52(30-21(49)32(57)48-37(40)46-30)33-22(53)15(8-68-7-6-66-2)17(73-33)9-71-79(62,63)76-80(64,65)75-78(60,61)69-5-4-16-26(25(67-3)35(72-16)50-12-43-19-27(38)41-11-42-28(19)50)77(58,59)70-10-18-23(54)24(55)34(74-18)51-13-44-20-29(51)45-36(39)47-31(20)56/h11-18,22-26,33-35,53-55H,4-10H2,1-3H3,(H11-,38,39,40,41,42,45,46,47,48,56,57,58,59,60,61,62,63,64,65)/p+1/t15-,16-,17-,18-,22-,23-,24-,25-,26-,33-,34-,35-/m1/s1. The molecule has 3 fully saturated rings. The van der Waals surface area contributed by atoms with Crippen molar-refractivity contribution in [1.82, 2.24) is 53.6 Å². The quantitative estimate of drug-likeness (QED) is 0.0160. The van der Waals surface area contributed by atoms with Gasteiger partial charge < -0.3 is 85.0 Å². The first-order chi connectivity index (χ1) is 37.7. The van der Waals surface area contributed by atoms with Crippen LogP contribution in [-0.4, -0.2) is 191 Å². The minimum absolute atomic E-state index is 0.0216. The van der Waals surface area contributed by atoms with Crippen molar-refractivity contribution < 1.29 is 108 Å². The summed E-state index contributed by atoms with van der Waals surface area (Å²) in [6.45, 7) is -2.98. The lowest BCUT2D eigenvalue weighted by Gasteiger charge is -2.28. The lowest BCUT2D eigenvalue weighted by atomic mass is 9.99. The van der Waals surface area contributed by atoms with E-state index in [1.807, 2.05) is 0 Å². The highest BCUT2D eigenvalue weighted by molar-refractivity contribution is 7.66. The zero-order valence-corrected chi connectivity index (χ0v) is 45.3. The van der Waals surface area contributed by atoms with Crippen molar-refractivity contribution in [2.75, 3.05) is 71.1 Å². The summed E-state index contributed by atoms with van der Waals surface area (Å²) in [6, 6.07) is 0. The van der Waals surface area contributed by atoms with Gasteiger partial charge >= 0.3 is 36.7 Å². The van der Waals surface area contributed by atoms with Crippen molar-refractivity contribution in [2.24, 2.45) is 13.0 Å². The molecular weight excluding hydrogens is 1160 g/mol. The Balaban J connectivity index is 0.865. The number of aromatic amines is 2. The highest BCUT2D eigenvalue weighted by atomic mass is 31.3. The first-order valence-electron chi connectivity index (χ1n) is 23.4. The fourth-order valence-corrected chi connectivity index (χ4v) is 14.7. The number of aromatic nitrogens is 12. The zero-order chi connectivity index (χ0) is 57.8. The minimum Gasteiger partial charge on any atom is -0.387 e. The van der Waals surface area contributed by atoms with Gasteiger partial charge in [0.2, 0.25) is 17.7 Å². The first-order valence-corrected chi connectivity index (χ1v) is 29.6. The number of rotatable bonds is 24. The molecular formula is C37H54N15O24P4+. The average molecular weight is 1220 g/mol. The number of nitrogens with one attached hydrogen (secondary N) is 2. The second kappa shape index (κ2) is 23.2. The van der Waals surface area contributed by atoms with Gasteiger partial charge in [0.1, 0.15) is 48.0 Å². The van der Waals surface area contributed by atoms with E-state index in [-0.39, 0.29) is 71.0 Å². The molecule has 6 aromatic heterocycles. The van der Waals surface area contributed by atoms with Gasteiger partial charge in [-0.05, 0) is 6.42 Å². The van der Waals surface area contributed by atoms with Crippen LogP contribution < -0.4 is 32.9 Å². The molecule has 0 amide bonds. The van der Waals surface area contributed by atoms with Crippen LogP contribution in [0.4, 0.5) is 17.7 Å². The third-order valence-corrected chi connectivity index (χ3v) is 19.1. The number of imidazole rings is 3. The average Bonchev–Trinajstić information content (AvgIpc) is 4.31. The van der Waals surface area contributed by atoms with Crippen LogP contribution in [0.5, 0.6) is 0 Å². The molecule has 0 bridgehead atoms. The SMILES string of the molecule is COCCOC[C@H]1[C@@H](O)[C@H]([n+]2cn(C)c3c(=O)[nH]c(N)nc32)O[C@@H]1COP(=O)(O)OP(=O)(O)OP(=O)(O)OCC[C@H]1O[C@@H](n2cnc3c(N)ncnc32)[C@H](OC)[C@@H]1P(=O)(O)OC[C@H]1O[C@@H](n2cnc3c(=O)[nH]c(N)nc32)[C@H](O)[C@@H]1O. The molecule has 4 unspecified atom stereocenters. The Labute approximate surface area is 446 Å². The number of nitrogen functional groups attached to an aromatic ring is 3. The first kappa shape index (κ1) is 59.5. The van der Waals surface area contributed by atoms with Gasteiger partial charge in [-0.1, -0.05) is 4.98 Å². The van der Waals surface area contributed by atoms with Crippen molar-refractivity contribution >= 4 is 82.3 Å². The van der Waals surface area contributed by atoms with E-state index in [0.29, 0.717) is 0 Å². The van der Waals surface area contributed by atoms with Gasteiger partial charge in [0.25, 0.3) is 17.1 Å². The number of nitrogens with zero attached hydrogens (tertiary/aromatic N) is 10. The maximum atomic E-state index is 14.5. The van der Waals surface area contributed by atoms with Crippen LogP contribution in [0.15, 0.2) is 34.9 Å². The van der Waals surface area contributed by atoms with E-state index in [1.54, 1.807) is 0 Å². The molecule has 3 saturated heterocycles. The van der Waals surface area contributed by atoms with Crippen LogP contribution in [0.1, 0.15) is 25.1 Å². The number of H-pyrrole nitrogens is 2. The number of phosphoric ester groups is 2. The number of methoxy groups -OCH3 is 2. The fourth-order valence-electron chi connectivity index (χ4n) is 9.36. The molecule has 0 spiro atoms. The van der Waals surface area contributed by atoms with E-state index in [9.17, 15) is 62.7 Å². The van der Waals surface area contributed by atoms with E-state index in [1.165, 1.54) is 40.5 Å². The second-order valence-corrected chi connectivity index (χ2v) is 24.7. The van der Waals surface area contributed by atoms with Crippen molar-refractivity contribution in [2.45, 2.75) is 73.5 Å². The van der Waals surface area contributed by atoms with Gasteiger partial charge in [-0.3, -0.25) is 46.9 Å². The Kier molecular flexibility index (Phi) is 17.3. The van der Waals surface area contributed by atoms with E-state index in [4.69, 9.17) is 59.2 Å². The summed E-state index contributed by atoms with van der Waals surface area (Å²) in [5, 5.41) is 33.5. The summed E-state index contributed by atoms with van der Waals surface area (Å²) in [5.41, 5.74) is 14.2. The summed E-state index contributed by atoms with van der Waals surface area (Å²) < 4.78 is 117. The Morgan fingerprint density at radius 2 is 1.35 bits per heavy atom. The highest BCUT2D eigenvalue weighted by Gasteiger charge is 2.57. The van der Waals surface area contributed by atoms with Gasteiger partial charge in [0.15, 0.2) is 41.4 Å². The highest BCUT2D eigenvalue weighted by Crippen LogP contribution is 2.68. The van der Waals surface area contributed by atoms with Crippen molar-refractivity contribution in [3.8, 4) is 0 Å². The molecule has 0 saturated carbocycles. The summed E-state index contributed by atoms with van der Waals surface area (Å²) in [7, 11) is -18.9. The normalized spacial score (nSPS) is 29.3. The van der Waals surface area contributed by atoms with Crippen LogP contribution >= 0.6 is 31.1 Å². The summed E-state index contributed by atoms with van der Waals surface area (Å²) in [4.78, 5) is 97.4. The zero-order valence-electron chi connectivity index (χ0n) is 41.8. The number of anilines is 3. The summed E-state index contributed by atoms with van der Waals surface area (Å²) in [5.74, 6) is -1.69. The van der Waals surface area contributed by atoms with Gasteiger partial charge in [0, 0.05) is 20.1 Å². The summed E-state index contributed by atoms with van der Waals surface area (Å²) in [6.07, 6.45) is -11.1. The van der Waals surface area contributed by atoms with E-state index < -0.39 is 141 Å². The van der Waals surface area contributed by atoms with Crippen LogP contribution in [0.25, 0.3) is 33.5 Å². The van der Waals surface area contributed by atoms with Gasteiger partial charge in [-0.15, -0.1) is 0 Å². The lowest BCUT2D eigenvalue weighted by molar-refractivity contribution is -0.745. The number of aliphatic hydroxyl groups excluding tert-OH is 3. The molecule has 80 heavy (non-hydrogen) atoms. The number of hydrogen-bond donors (Lipinski definition) is 12. The van der Waals surface area contributed by atoms with Gasteiger partial charge in [-0.25, -0.2) is 38.2 Å². The van der Waals surface area contributed by atoms with Crippen LogP contribution in [0, 0.1) is 5.92 Å². The van der Waals surface area contributed by atoms with Crippen molar-refractivity contribution in [3.05, 3.63) is 46.0 Å². The number of nitrogens with two attached hydrogens (primary N) is 3. The number of ether oxygens (including phenoxy) is 6. The molecule has 0 aromatic carbocycles. The van der Waals surface area contributed by atoms with E-state index in [0.717, 1.165) is 24.3 Å².